The molecule has 0 aliphatic carbocycles. The zero-order valence-corrected chi connectivity index (χ0v) is 10.4. The van der Waals surface area contributed by atoms with Crippen molar-refractivity contribution < 1.29 is 4.79 Å². The molecule has 0 spiro atoms. The van der Waals surface area contributed by atoms with E-state index < -0.39 is 0 Å². The molecule has 84 valence electrons. The van der Waals surface area contributed by atoms with Crippen LogP contribution in [0, 0.1) is 11.3 Å². The van der Waals surface area contributed by atoms with Gasteiger partial charge in [0.25, 0.3) is 5.91 Å². The molecule has 2 aliphatic rings. The number of likely N-dealkylation sites (tertiary alicyclic amines) is 1. The van der Waals surface area contributed by atoms with Gasteiger partial charge in [-0.3, -0.25) is 4.79 Å². The van der Waals surface area contributed by atoms with E-state index in [0.717, 1.165) is 24.2 Å². The Morgan fingerprint density at radius 1 is 1.47 bits per heavy atom. The standard InChI is InChI=1S/C11H18N2OS/c1-11(2,3)8-4-5-13(6-8)10-12-9(14)7-15-10/h8H,4-7H2,1-3H3. The van der Waals surface area contributed by atoms with Gasteiger partial charge in [-0.25, -0.2) is 0 Å². The van der Waals surface area contributed by atoms with Gasteiger partial charge in [-0.2, -0.15) is 4.99 Å². The highest BCUT2D eigenvalue weighted by Gasteiger charge is 2.34. The Bertz CT molecular complexity index is 306. The SMILES string of the molecule is CC(C)(C)C1CCN(C2=NC(=O)CS2)C1. The summed E-state index contributed by atoms with van der Waals surface area (Å²) >= 11 is 1.59. The maximum absolute atomic E-state index is 11.1. The van der Waals surface area contributed by atoms with Gasteiger partial charge >= 0.3 is 0 Å². The normalized spacial score (nSPS) is 27.4. The Balaban J connectivity index is 1.99. The molecule has 2 rings (SSSR count). The van der Waals surface area contributed by atoms with Gasteiger partial charge in [0.1, 0.15) is 0 Å². The minimum absolute atomic E-state index is 0.0224. The zero-order valence-electron chi connectivity index (χ0n) is 9.62. The van der Waals surface area contributed by atoms with Gasteiger partial charge < -0.3 is 4.90 Å². The number of hydrogen-bond acceptors (Lipinski definition) is 3. The number of thioether (sulfide) groups is 1. The smallest absolute Gasteiger partial charge is 0.258 e. The molecule has 0 bridgehead atoms. The lowest BCUT2D eigenvalue weighted by molar-refractivity contribution is -0.115. The van der Waals surface area contributed by atoms with Crippen LogP contribution in [0.3, 0.4) is 0 Å². The summed E-state index contributed by atoms with van der Waals surface area (Å²) in [6, 6.07) is 0. The van der Waals surface area contributed by atoms with Crippen LogP contribution in [0.4, 0.5) is 0 Å². The van der Waals surface area contributed by atoms with Crippen LogP contribution in [-0.4, -0.2) is 34.8 Å². The quantitative estimate of drug-likeness (QED) is 0.633. The lowest BCUT2D eigenvalue weighted by Crippen LogP contribution is -2.28. The highest BCUT2D eigenvalue weighted by atomic mass is 32.2. The van der Waals surface area contributed by atoms with Crippen LogP contribution in [-0.2, 0) is 4.79 Å². The van der Waals surface area contributed by atoms with Crippen LogP contribution in [0.1, 0.15) is 27.2 Å². The van der Waals surface area contributed by atoms with E-state index in [2.05, 4.69) is 30.7 Å². The van der Waals surface area contributed by atoms with Gasteiger partial charge in [-0.05, 0) is 17.8 Å². The van der Waals surface area contributed by atoms with E-state index in [9.17, 15) is 4.79 Å². The molecule has 15 heavy (non-hydrogen) atoms. The van der Waals surface area contributed by atoms with E-state index in [4.69, 9.17) is 0 Å². The Hall–Kier alpha value is -0.510. The van der Waals surface area contributed by atoms with Crippen LogP contribution in [0.2, 0.25) is 0 Å². The number of carbonyl (C=O) groups is 1. The fourth-order valence-electron chi connectivity index (χ4n) is 2.10. The largest absolute Gasteiger partial charge is 0.351 e. The summed E-state index contributed by atoms with van der Waals surface area (Å²) in [5.41, 5.74) is 0.364. The third kappa shape index (κ3) is 2.36. The average molecular weight is 226 g/mol. The first-order chi connectivity index (χ1) is 6.97. The van der Waals surface area contributed by atoms with Crippen molar-refractivity contribution >= 4 is 22.8 Å². The van der Waals surface area contributed by atoms with Crippen molar-refractivity contribution in [3.63, 3.8) is 0 Å². The Morgan fingerprint density at radius 2 is 2.20 bits per heavy atom. The van der Waals surface area contributed by atoms with Crippen LogP contribution in [0.15, 0.2) is 4.99 Å². The van der Waals surface area contributed by atoms with Crippen molar-refractivity contribution in [3.05, 3.63) is 0 Å². The van der Waals surface area contributed by atoms with Gasteiger partial charge in [-0.15, -0.1) is 0 Å². The molecule has 0 radical (unpaired) electrons. The van der Waals surface area contributed by atoms with Crippen molar-refractivity contribution in [1.29, 1.82) is 0 Å². The first-order valence-corrected chi connectivity index (χ1v) is 6.44. The van der Waals surface area contributed by atoms with Gasteiger partial charge in [0, 0.05) is 13.1 Å². The van der Waals surface area contributed by atoms with Crippen LogP contribution in [0.25, 0.3) is 0 Å². The van der Waals surface area contributed by atoms with Gasteiger partial charge in [-0.1, -0.05) is 32.5 Å². The maximum Gasteiger partial charge on any atom is 0.258 e. The van der Waals surface area contributed by atoms with Crippen molar-refractivity contribution in [2.24, 2.45) is 16.3 Å². The molecule has 1 amide bonds. The molecular weight excluding hydrogens is 208 g/mol. The lowest BCUT2D eigenvalue weighted by Gasteiger charge is -2.27. The predicted octanol–water partition coefficient (Wildman–Crippen LogP) is 1.98. The Kier molecular flexibility index (Phi) is 2.79. The molecule has 0 aromatic rings. The predicted molar refractivity (Wildman–Crippen MR) is 64.0 cm³/mol. The van der Waals surface area contributed by atoms with Gasteiger partial charge in [0.15, 0.2) is 5.17 Å². The molecule has 1 atom stereocenters. The van der Waals surface area contributed by atoms with Crippen LogP contribution in [0.5, 0.6) is 0 Å². The fourth-order valence-corrected chi connectivity index (χ4v) is 2.93. The van der Waals surface area contributed by atoms with E-state index >= 15 is 0 Å². The van der Waals surface area contributed by atoms with Crippen LogP contribution < -0.4 is 0 Å². The van der Waals surface area contributed by atoms with Crippen molar-refractivity contribution in [2.45, 2.75) is 27.2 Å². The average Bonchev–Trinajstić information content (AvgIpc) is 2.69. The first kappa shape index (κ1) is 11.0. The molecule has 3 nitrogen and oxygen atoms in total. The first-order valence-electron chi connectivity index (χ1n) is 5.46. The van der Waals surface area contributed by atoms with Gasteiger partial charge in [0.2, 0.25) is 0 Å². The second kappa shape index (κ2) is 3.81. The number of carbonyl (C=O) groups excluding carboxylic acids is 1. The molecule has 0 saturated carbocycles. The molecule has 0 aromatic heterocycles. The van der Waals surface area contributed by atoms with E-state index in [1.165, 1.54) is 6.42 Å². The molecule has 0 N–H and O–H groups in total. The number of amidine groups is 1. The third-order valence-corrected chi connectivity index (χ3v) is 4.23. The number of hydrogen-bond donors (Lipinski definition) is 0. The van der Waals surface area contributed by atoms with Crippen molar-refractivity contribution in [2.75, 3.05) is 18.8 Å². The maximum atomic E-state index is 11.1. The summed E-state index contributed by atoms with van der Waals surface area (Å²) in [6.45, 7) is 8.98. The van der Waals surface area contributed by atoms with Crippen molar-refractivity contribution in [3.8, 4) is 0 Å². The molecule has 2 heterocycles. The highest BCUT2D eigenvalue weighted by molar-refractivity contribution is 8.14. The summed E-state index contributed by atoms with van der Waals surface area (Å²) < 4.78 is 0. The highest BCUT2D eigenvalue weighted by Crippen LogP contribution is 2.35. The van der Waals surface area contributed by atoms with E-state index in [-0.39, 0.29) is 5.91 Å². The summed E-state index contributed by atoms with van der Waals surface area (Å²) in [5.74, 6) is 1.28. The molecule has 1 saturated heterocycles. The summed E-state index contributed by atoms with van der Waals surface area (Å²) in [7, 11) is 0. The fraction of sp³-hybridized carbons (Fsp3) is 0.818. The van der Waals surface area contributed by atoms with Crippen LogP contribution >= 0.6 is 11.8 Å². The number of rotatable bonds is 0. The second-order valence-corrected chi connectivity index (χ2v) is 6.32. The molecule has 0 aromatic carbocycles. The Morgan fingerprint density at radius 3 is 2.67 bits per heavy atom. The van der Waals surface area contributed by atoms with E-state index in [1.54, 1.807) is 11.8 Å². The Labute approximate surface area is 95.3 Å². The minimum atomic E-state index is 0.0224. The topological polar surface area (TPSA) is 32.7 Å². The number of amides is 1. The second-order valence-electron chi connectivity index (χ2n) is 5.37. The monoisotopic (exact) mass is 226 g/mol. The number of nitrogens with zero attached hydrogens (tertiary/aromatic N) is 2. The third-order valence-electron chi connectivity index (χ3n) is 3.23. The molecular formula is C11H18N2OS. The zero-order chi connectivity index (χ0) is 11.1. The minimum Gasteiger partial charge on any atom is -0.351 e. The van der Waals surface area contributed by atoms with Crippen molar-refractivity contribution in [1.82, 2.24) is 4.90 Å². The lowest BCUT2D eigenvalue weighted by atomic mass is 9.80. The molecule has 2 aliphatic heterocycles. The molecule has 4 heteroatoms. The summed E-state index contributed by atoms with van der Waals surface area (Å²) in [6.07, 6.45) is 1.22. The number of aliphatic imine (C=N–C) groups is 1. The van der Waals surface area contributed by atoms with Gasteiger partial charge in [0.05, 0.1) is 5.75 Å². The summed E-state index contributed by atoms with van der Waals surface area (Å²) in [4.78, 5) is 17.4. The summed E-state index contributed by atoms with van der Waals surface area (Å²) in [5, 5.41) is 0.951. The van der Waals surface area contributed by atoms with E-state index in [0.29, 0.717) is 11.2 Å². The molecule has 1 fully saturated rings. The molecule has 1 unspecified atom stereocenters. The van der Waals surface area contributed by atoms with E-state index in [1.807, 2.05) is 0 Å².